The summed E-state index contributed by atoms with van der Waals surface area (Å²) in [4.78, 5) is 6.52. The fourth-order valence-electron chi connectivity index (χ4n) is 1.92. The van der Waals surface area contributed by atoms with Gasteiger partial charge in [-0.2, -0.15) is 0 Å². The quantitative estimate of drug-likeness (QED) is 0.681. The summed E-state index contributed by atoms with van der Waals surface area (Å²) in [5.41, 5.74) is 0. The van der Waals surface area contributed by atoms with Crippen LogP contribution in [-0.2, 0) is 11.3 Å². The van der Waals surface area contributed by atoms with Gasteiger partial charge in [0.05, 0.1) is 0 Å². The Hall–Kier alpha value is -1.07. The van der Waals surface area contributed by atoms with Gasteiger partial charge in [0.15, 0.2) is 0 Å². The van der Waals surface area contributed by atoms with E-state index >= 15 is 0 Å². The Morgan fingerprint density at radius 2 is 2.28 bits per heavy atom. The lowest BCUT2D eigenvalue weighted by Gasteiger charge is -2.19. The van der Waals surface area contributed by atoms with Gasteiger partial charge in [0, 0.05) is 44.7 Å². The number of aryl methyl sites for hydroxylation is 1. The van der Waals surface area contributed by atoms with E-state index in [0.29, 0.717) is 6.04 Å². The molecule has 1 aromatic rings. The molecule has 0 saturated carbocycles. The van der Waals surface area contributed by atoms with Crippen molar-refractivity contribution in [2.45, 2.75) is 32.9 Å². The minimum Gasteiger partial charge on any atom is -0.382 e. The third kappa shape index (κ3) is 5.51. The van der Waals surface area contributed by atoms with Gasteiger partial charge in [0.1, 0.15) is 0 Å². The van der Waals surface area contributed by atoms with Crippen LogP contribution in [0.15, 0.2) is 12.4 Å². The van der Waals surface area contributed by atoms with Crippen LogP contribution in [0.1, 0.15) is 20.3 Å². The molecule has 1 N–H and O–H groups in total. The predicted octanol–water partition coefficient (Wildman–Crippen LogP) is 1.67. The van der Waals surface area contributed by atoms with Crippen molar-refractivity contribution in [3.63, 3.8) is 0 Å². The molecular weight excluding hydrogens is 228 g/mol. The summed E-state index contributed by atoms with van der Waals surface area (Å²) in [6.07, 6.45) is 4.86. The second kappa shape index (κ2) is 8.11. The number of likely N-dealkylation sites (N-methyl/N-ethyl adjacent to an activating group) is 1. The van der Waals surface area contributed by atoms with Crippen LogP contribution in [-0.4, -0.2) is 54.3 Å². The smallest absolute Gasteiger partial charge is 0.203 e. The van der Waals surface area contributed by atoms with Gasteiger partial charge in [-0.25, -0.2) is 4.98 Å². The van der Waals surface area contributed by atoms with Crippen LogP contribution in [0.25, 0.3) is 0 Å². The van der Waals surface area contributed by atoms with Gasteiger partial charge >= 0.3 is 0 Å². The zero-order chi connectivity index (χ0) is 13.4. The lowest BCUT2D eigenvalue weighted by Crippen LogP contribution is -2.30. The van der Waals surface area contributed by atoms with Crippen LogP contribution < -0.4 is 5.32 Å². The molecule has 0 fully saturated rings. The maximum Gasteiger partial charge on any atom is 0.203 e. The Balaban J connectivity index is 2.39. The first-order chi connectivity index (χ1) is 8.63. The van der Waals surface area contributed by atoms with E-state index in [-0.39, 0.29) is 0 Å². The molecule has 1 unspecified atom stereocenters. The molecular formula is C13H26N4O. The fraction of sp³-hybridized carbons (Fsp3) is 0.769. The van der Waals surface area contributed by atoms with E-state index in [2.05, 4.69) is 40.8 Å². The highest BCUT2D eigenvalue weighted by atomic mass is 16.5. The van der Waals surface area contributed by atoms with Gasteiger partial charge in [0.2, 0.25) is 5.95 Å². The van der Waals surface area contributed by atoms with Crippen molar-refractivity contribution in [2.75, 3.05) is 39.2 Å². The Labute approximate surface area is 110 Å². The van der Waals surface area contributed by atoms with E-state index in [1.807, 2.05) is 19.3 Å². The fourth-order valence-corrected chi connectivity index (χ4v) is 1.92. The van der Waals surface area contributed by atoms with Gasteiger partial charge < -0.3 is 19.5 Å². The van der Waals surface area contributed by atoms with Crippen LogP contribution in [0.2, 0.25) is 0 Å². The third-order valence-electron chi connectivity index (χ3n) is 2.62. The highest BCUT2D eigenvalue weighted by Crippen LogP contribution is 2.07. The molecule has 5 nitrogen and oxygen atoms in total. The van der Waals surface area contributed by atoms with Crippen molar-refractivity contribution in [3.05, 3.63) is 12.4 Å². The maximum absolute atomic E-state index is 5.34. The molecule has 0 bridgehead atoms. The first-order valence-corrected chi connectivity index (χ1v) is 6.63. The number of imidazole rings is 1. The maximum atomic E-state index is 5.34. The van der Waals surface area contributed by atoms with Gasteiger partial charge in [0.25, 0.3) is 0 Å². The first kappa shape index (κ1) is 15.0. The normalized spacial score (nSPS) is 12.9. The molecule has 0 spiro atoms. The zero-order valence-corrected chi connectivity index (χ0v) is 12.0. The number of nitrogens with zero attached hydrogens (tertiary/aromatic N) is 3. The second-order valence-corrected chi connectivity index (χ2v) is 4.80. The molecule has 18 heavy (non-hydrogen) atoms. The van der Waals surface area contributed by atoms with Crippen molar-refractivity contribution in [3.8, 4) is 0 Å². The van der Waals surface area contributed by atoms with Crippen molar-refractivity contribution in [1.82, 2.24) is 14.5 Å². The second-order valence-electron chi connectivity index (χ2n) is 4.80. The number of aromatic nitrogens is 2. The summed E-state index contributed by atoms with van der Waals surface area (Å²) < 4.78 is 7.49. The highest BCUT2D eigenvalue weighted by Gasteiger charge is 2.07. The number of hydrogen-bond donors (Lipinski definition) is 1. The molecule has 0 amide bonds. The van der Waals surface area contributed by atoms with Crippen LogP contribution >= 0.6 is 0 Å². The van der Waals surface area contributed by atoms with E-state index in [1.165, 1.54) is 0 Å². The number of hydrogen-bond acceptors (Lipinski definition) is 4. The molecule has 1 heterocycles. The van der Waals surface area contributed by atoms with Crippen LogP contribution in [0, 0.1) is 0 Å². The summed E-state index contributed by atoms with van der Waals surface area (Å²) in [6, 6.07) is 0.382. The molecule has 1 rings (SSSR count). The van der Waals surface area contributed by atoms with Gasteiger partial charge in [-0.05, 0) is 34.4 Å². The van der Waals surface area contributed by atoms with E-state index in [9.17, 15) is 0 Å². The topological polar surface area (TPSA) is 42.3 Å². The molecule has 0 saturated heterocycles. The van der Waals surface area contributed by atoms with Gasteiger partial charge in [-0.3, -0.25) is 0 Å². The van der Waals surface area contributed by atoms with Crippen LogP contribution in [0.4, 0.5) is 5.95 Å². The van der Waals surface area contributed by atoms with Gasteiger partial charge in [-0.15, -0.1) is 0 Å². The molecule has 0 aromatic carbocycles. The lowest BCUT2D eigenvalue weighted by atomic mass is 10.3. The number of nitrogens with one attached hydrogen (secondary N) is 1. The van der Waals surface area contributed by atoms with E-state index < -0.39 is 0 Å². The molecule has 104 valence electrons. The molecule has 0 aliphatic rings. The van der Waals surface area contributed by atoms with Crippen LogP contribution in [0.5, 0.6) is 0 Å². The lowest BCUT2D eigenvalue weighted by molar-refractivity contribution is 0.142. The molecule has 0 aliphatic carbocycles. The van der Waals surface area contributed by atoms with E-state index in [0.717, 1.165) is 38.7 Å². The molecule has 1 aromatic heterocycles. The van der Waals surface area contributed by atoms with Crippen LogP contribution in [0.3, 0.4) is 0 Å². The highest BCUT2D eigenvalue weighted by molar-refractivity contribution is 5.27. The Kier molecular flexibility index (Phi) is 6.75. The third-order valence-corrected chi connectivity index (χ3v) is 2.62. The van der Waals surface area contributed by atoms with Crippen molar-refractivity contribution >= 4 is 5.95 Å². The number of rotatable bonds is 9. The Morgan fingerprint density at radius 3 is 2.94 bits per heavy atom. The largest absolute Gasteiger partial charge is 0.382 e. The Bertz CT molecular complexity index is 325. The summed E-state index contributed by atoms with van der Waals surface area (Å²) in [5, 5.41) is 3.43. The average molecular weight is 254 g/mol. The molecule has 0 aliphatic heterocycles. The van der Waals surface area contributed by atoms with E-state index in [1.54, 1.807) is 0 Å². The standard InChI is InChI=1S/C13H26N4O/c1-5-18-10-6-8-17-9-7-14-13(17)15-12(2)11-16(3)4/h7,9,12H,5-6,8,10-11H2,1-4H3,(H,14,15). The minimum absolute atomic E-state index is 0.382. The first-order valence-electron chi connectivity index (χ1n) is 6.63. The summed E-state index contributed by atoms with van der Waals surface area (Å²) in [7, 11) is 4.15. The summed E-state index contributed by atoms with van der Waals surface area (Å²) in [5.74, 6) is 0.945. The molecule has 1 atom stereocenters. The Morgan fingerprint density at radius 1 is 1.50 bits per heavy atom. The minimum atomic E-state index is 0.382. The summed E-state index contributed by atoms with van der Waals surface area (Å²) >= 11 is 0. The average Bonchev–Trinajstić information content (AvgIpc) is 2.71. The number of anilines is 1. The zero-order valence-electron chi connectivity index (χ0n) is 12.0. The van der Waals surface area contributed by atoms with E-state index in [4.69, 9.17) is 4.74 Å². The van der Waals surface area contributed by atoms with Crippen molar-refractivity contribution in [2.24, 2.45) is 0 Å². The SMILES string of the molecule is CCOCCCn1ccnc1NC(C)CN(C)C. The number of ether oxygens (including phenoxy) is 1. The predicted molar refractivity (Wildman–Crippen MR) is 75.0 cm³/mol. The van der Waals surface area contributed by atoms with Crippen molar-refractivity contribution in [1.29, 1.82) is 0 Å². The van der Waals surface area contributed by atoms with Crippen molar-refractivity contribution < 1.29 is 4.74 Å². The van der Waals surface area contributed by atoms with Gasteiger partial charge in [-0.1, -0.05) is 0 Å². The summed E-state index contributed by atoms with van der Waals surface area (Å²) in [6.45, 7) is 7.71. The molecule has 0 radical (unpaired) electrons. The monoisotopic (exact) mass is 254 g/mol. The molecule has 5 heteroatoms.